The summed E-state index contributed by atoms with van der Waals surface area (Å²) in [7, 11) is 1.72. The number of hydrogen-bond donors (Lipinski definition) is 1. The highest BCUT2D eigenvalue weighted by atomic mass is 16.5. The number of carboxylic acids is 1. The molecule has 104 valence electrons. The van der Waals surface area contributed by atoms with E-state index in [1.807, 2.05) is 0 Å². The molecule has 0 aliphatic carbocycles. The number of aryl methyl sites for hydroxylation is 1. The van der Waals surface area contributed by atoms with E-state index in [0.717, 1.165) is 24.9 Å². The lowest BCUT2D eigenvalue weighted by Crippen LogP contribution is -2.44. The Hall–Kier alpha value is -1.62. The van der Waals surface area contributed by atoms with Crippen LogP contribution in [0, 0.1) is 6.92 Å². The van der Waals surface area contributed by atoms with Crippen LogP contribution < -0.4 is 4.90 Å². The highest BCUT2D eigenvalue weighted by Crippen LogP contribution is 2.28. The molecule has 1 aliphatic heterocycles. The van der Waals surface area contributed by atoms with Crippen molar-refractivity contribution >= 4 is 11.8 Å². The number of methoxy groups -OCH3 is 1. The molecule has 19 heavy (non-hydrogen) atoms. The number of ether oxygens (including phenoxy) is 1. The average Bonchev–Trinajstić information content (AvgIpc) is 2.37. The molecule has 5 nitrogen and oxygen atoms in total. The maximum Gasteiger partial charge on any atom is 0.339 e. The van der Waals surface area contributed by atoms with Gasteiger partial charge in [-0.1, -0.05) is 0 Å². The quantitative estimate of drug-likeness (QED) is 0.905. The molecule has 1 aromatic heterocycles. The molecule has 2 rings (SSSR count). The first-order valence-corrected chi connectivity index (χ1v) is 6.53. The monoisotopic (exact) mass is 264 g/mol. The SMILES string of the molecule is COC1CCN(c2nccc(C)c2C(=O)O)C(C)C1. The maximum atomic E-state index is 11.4. The van der Waals surface area contributed by atoms with Crippen molar-refractivity contribution in [2.45, 2.75) is 38.8 Å². The van der Waals surface area contributed by atoms with E-state index in [0.29, 0.717) is 11.4 Å². The minimum Gasteiger partial charge on any atom is -0.478 e. The van der Waals surface area contributed by atoms with Crippen molar-refractivity contribution < 1.29 is 14.6 Å². The predicted octanol–water partition coefficient (Wildman–Crippen LogP) is 2.09. The molecule has 2 unspecified atom stereocenters. The van der Waals surface area contributed by atoms with Gasteiger partial charge in [-0.2, -0.15) is 0 Å². The first kappa shape index (κ1) is 13.8. The van der Waals surface area contributed by atoms with Crippen molar-refractivity contribution in [3.63, 3.8) is 0 Å². The third kappa shape index (κ3) is 2.71. The van der Waals surface area contributed by atoms with Gasteiger partial charge in [0, 0.05) is 25.9 Å². The number of hydrogen-bond acceptors (Lipinski definition) is 4. The highest BCUT2D eigenvalue weighted by molar-refractivity contribution is 5.95. The van der Waals surface area contributed by atoms with Crippen LogP contribution in [0.1, 0.15) is 35.7 Å². The number of carbonyl (C=O) groups is 1. The van der Waals surface area contributed by atoms with Gasteiger partial charge < -0.3 is 14.7 Å². The summed E-state index contributed by atoms with van der Waals surface area (Å²) in [5.74, 6) is -0.337. The van der Waals surface area contributed by atoms with E-state index in [1.165, 1.54) is 0 Å². The van der Waals surface area contributed by atoms with E-state index in [1.54, 1.807) is 26.3 Å². The Kier molecular flexibility index (Phi) is 4.04. The molecule has 1 fully saturated rings. The smallest absolute Gasteiger partial charge is 0.339 e. The van der Waals surface area contributed by atoms with Crippen LogP contribution in [0.5, 0.6) is 0 Å². The zero-order chi connectivity index (χ0) is 14.0. The fourth-order valence-corrected chi connectivity index (χ4v) is 2.68. The lowest BCUT2D eigenvalue weighted by molar-refractivity contribution is 0.0689. The van der Waals surface area contributed by atoms with Crippen LogP contribution >= 0.6 is 0 Å². The molecule has 0 spiro atoms. The summed E-state index contributed by atoms with van der Waals surface area (Å²) < 4.78 is 5.38. The van der Waals surface area contributed by atoms with Gasteiger partial charge in [0.1, 0.15) is 11.4 Å². The highest BCUT2D eigenvalue weighted by Gasteiger charge is 2.29. The molecule has 0 saturated carbocycles. The molecule has 1 aromatic rings. The number of aromatic nitrogens is 1. The summed E-state index contributed by atoms with van der Waals surface area (Å²) in [6.07, 6.45) is 3.72. The van der Waals surface area contributed by atoms with Gasteiger partial charge >= 0.3 is 5.97 Å². The molecule has 2 atom stereocenters. The number of carboxylic acid groups (broad SMARTS) is 1. The van der Waals surface area contributed by atoms with Gasteiger partial charge in [0.15, 0.2) is 0 Å². The summed E-state index contributed by atoms with van der Waals surface area (Å²) in [6.45, 7) is 4.67. The van der Waals surface area contributed by atoms with E-state index >= 15 is 0 Å². The van der Waals surface area contributed by atoms with Gasteiger partial charge in [-0.3, -0.25) is 0 Å². The summed E-state index contributed by atoms with van der Waals surface area (Å²) >= 11 is 0. The normalized spacial score (nSPS) is 23.4. The van der Waals surface area contributed by atoms with Gasteiger partial charge in [0.25, 0.3) is 0 Å². The Morgan fingerprint density at radius 2 is 2.32 bits per heavy atom. The Labute approximate surface area is 113 Å². The topological polar surface area (TPSA) is 62.7 Å². The summed E-state index contributed by atoms with van der Waals surface area (Å²) in [4.78, 5) is 17.8. The lowest BCUT2D eigenvalue weighted by atomic mass is 9.99. The minimum absolute atomic E-state index is 0.228. The van der Waals surface area contributed by atoms with E-state index in [-0.39, 0.29) is 12.1 Å². The third-order valence-electron chi connectivity index (χ3n) is 3.79. The third-order valence-corrected chi connectivity index (χ3v) is 3.79. The number of piperidine rings is 1. The van der Waals surface area contributed by atoms with Gasteiger partial charge in [0.2, 0.25) is 0 Å². The molecule has 5 heteroatoms. The average molecular weight is 264 g/mol. The second-order valence-electron chi connectivity index (χ2n) is 5.06. The summed E-state index contributed by atoms with van der Waals surface area (Å²) in [5.41, 5.74) is 1.06. The van der Waals surface area contributed by atoms with Crippen LogP contribution in [0.15, 0.2) is 12.3 Å². The summed E-state index contributed by atoms with van der Waals surface area (Å²) in [6, 6.07) is 1.96. The molecule has 1 N–H and O–H groups in total. The zero-order valence-corrected chi connectivity index (χ0v) is 11.6. The van der Waals surface area contributed by atoms with Crippen LogP contribution in [-0.4, -0.2) is 41.9 Å². The Balaban J connectivity index is 2.32. The van der Waals surface area contributed by atoms with Crippen molar-refractivity contribution in [2.75, 3.05) is 18.6 Å². The lowest BCUT2D eigenvalue weighted by Gasteiger charge is -2.38. The van der Waals surface area contributed by atoms with Crippen LogP contribution in [0.2, 0.25) is 0 Å². The van der Waals surface area contributed by atoms with Crippen LogP contribution in [0.3, 0.4) is 0 Å². The van der Waals surface area contributed by atoms with Crippen molar-refractivity contribution in [3.05, 3.63) is 23.4 Å². The molecule has 0 radical (unpaired) electrons. The summed E-state index contributed by atoms with van der Waals surface area (Å²) in [5, 5.41) is 9.37. The van der Waals surface area contributed by atoms with Gasteiger partial charge in [0.05, 0.1) is 6.10 Å². The number of nitrogens with zero attached hydrogens (tertiary/aromatic N) is 2. The van der Waals surface area contributed by atoms with E-state index in [9.17, 15) is 9.90 Å². The largest absolute Gasteiger partial charge is 0.478 e. The molecular weight excluding hydrogens is 244 g/mol. The molecule has 1 aliphatic rings. The molecular formula is C14H20N2O3. The van der Waals surface area contributed by atoms with Gasteiger partial charge in [-0.15, -0.1) is 0 Å². The maximum absolute atomic E-state index is 11.4. The molecule has 0 bridgehead atoms. The van der Waals surface area contributed by atoms with Crippen LogP contribution in [0.4, 0.5) is 5.82 Å². The number of pyridine rings is 1. The predicted molar refractivity (Wildman–Crippen MR) is 72.8 cm³/mol. The number of aromatic carboxylic acids is 1. The number of rotatable bonds is 3. The van der Waals surface area contributed by atoms with Crippen LogP contribution in [0.25, 0.3) is 0 Å². The van der Waals surface area contributed by atoms with Gasteiger partial charge in [-0.05, 0) is 38.3 Å². The molecule has 2 heterocycles. The van der Waals surface area contributed by atoms with Crippen molar-refractivity contribution in [1.29, 1.82) is 0 Å². The first-order chi connectivity index (χ1) is 9.04. The molecule has 0 amide bonds. The minimum atomic E-state index is -0.915. The Morgan fingerprint density at radius 3 is 2.89 bits per heavy atom. The van der Waals surface area contributed by atoms with Crippen molar-refractivity contribution in [3.8, 4) is 0 Å². The van der Waals surface area contributed by atoms with E-state index in [2.05, 4.69) is 16.8 Å². The van der Waals surface area contributed by atoms with Crippen LogP contribution in [-0.2, 0) is 4.74 Å². The van der Waals surface area contributed by atoms with Crippen molar-refractivity contribution in [1.82, 2.24) is 4.98 Å². The Bertz CT molecular complexity index is 476. The second kappa shape index (κ2) is 5.57. The fourth-order valence-electron chi connectivity index (χ4n) is 2.68. The van der Waals surface area contributed by atoms with Gasteiger partial charge in [-0.25, -0.2) is 9.78 Å². The fraction of sp³-hybridized carbons (Fsp3) is 0.571. The molecule has 0 aromatic carbocycles. The standard InChI is InChI=1S/C14H20N2O3/c1-9-4-6-15-13(12(9)14(17)18)16-7-5-11(19-3)8-10(16)2/h4,6,10-11H,5,7-8H2,1-3H3,(H,17,18). The van der Waals surface area contributed by atoms with Crippen molar-refractivity contribution in [2.24, 2.45) is 0 Å². The Morgan fingerprint density at radius 1 is 1.58 bits per heavy atom. The molecule has 1 saturated heterocycles. The van der Waals surface area contributed by atoms with E-state index < -0.39 is 5.97 Å². The first-order valence-electron chi connectivity index (χ1n) is 6.53. The second-order valence-corrected chi connectivity index (χ2v) is 5.06. The number of anilines is 1. The van der Waals surface area contributed by atoms with E-state index in [4.69, 9.17) is 4.74 Å². The zero-order valence-electron chi connectivity index (χ0n) is 11.6.